The number of urea groups is 1. The SMILES string of the molecule is COCC(C)(C)NC(=O)N[C@H](CC(=O)O)C(=O)O. The third-order valence-corrected chi connectivity index (χ3v) is 1.94. The molecule has 18 heavy (non-hydrogen) atoms. The maximum atomic E-state index is 11.5. The number of ether oxygens (including phenoxy) is 1. The largest absolute Gasteiger partial charge is 0.481 e. The van der Waals surface area contributed by atoms with Gasteiger partial charge in [-0.15, -0.1) is 0 Å². The zero-order valence-corrected chi connectivity index (χ0v) is 10.5. The second-order valence-electron chi connectivity index (χ2n) is 4.40. The van der Waals surface area contributed by atoms with Gasteiger partial charge in [0.2, 0.25) is 0 Å². The van der Waals surface area contributed by atoms with Gasteiger partial charge in [0.15, 0.2) is 0 Å². The van der Waals surface area contributed by atoms with Gasteiger partial charge in [0.25, 0.3) is 0 Å². The van der Waals surface area contributed by atoms with E-state index in [0.717, 1.165) is 0 Å². The molecule has 0 rings (SSSR count). The Hall–Kier alpha value is -1.83. The fraction of sp³-hybridized carbons (Fsp3) is 0.700. The van der Waals surface area contributed by atoms with Crippen LogP contribution >= 0.6 is 0 Å². The van der Waals surface area contributed by atoms with Gasteiger partial charge >= 0.3 is 18.0 Å². The van der Waals surface area contributed by atoms with E-state index >= 15 is 0 Å². The van der Waals surface area contributed by atoms with Gasteiger partial charge < -0.3 is 25.6 Å². The first-order chi connectivity index (χ1) is 8.18. The molecule has 2 amide bonds. The van der Waals surface area contributed by atoms with E-state index in [2.05, 4.69) is 10.6 Å². The number of aliphatic carboxylic acids is 2. The highest BCUT2D eigenvalue weighted by Gasteiger charge is 2.26. The average Bonchev–Trinajstić information content (AvgIpc) is 2.14. The summed E-state index contributed by atoms with van der Waals surface area (Å²) in [5.41, 5.74) is -0.689. The predicted molar refractivity (Wildman–Crippen MR) is 61.3 cm³/mol. The van der Waals surface area contributed by atoms with Crippen molar-refractivity contribution in [2.45, 2.75) is 31.8 Å². The molecule has 0 saturated carbocycles. The number of carboxylic acid groups (broad SMARTS) is 2. The Morgan fingerprint density at radius 3 is 2.22 bits per heavy atom. The van der Waals surface area contributed by atoms with E-state index in [-0.39, 0.29) is 6.61 Å². The molecule has 0 bridgehead atoms. The number of carbonyl (C=O) groups excluding carboxylic acids is 1. The summed E-state index contributed by atoms with van der Waals surface area (Å²) in [6, 6.07) is -2.23. The summed E-state index contributed by atoms with van der Waals surface area (Å²) in [4.78, 5) is 32.7. The molecular weight excluding hydrogens is 244 g/mol. The van der Waals surface area contributed by atoms with E-state index in [0.29, 0.717) is 0 Å². The van der Waals surface area contributed by atoms with Crippen molar-refractivity contribution in [3.8, 4) is 0 Å². The van der Waals surface area contributed by atoms with E-state index in [1.807, 2.05) is 0 Å². The van der Waals surface area contributed by atoms with Crippen LogP contribution in [0.15, 0.2) is 0 Å². The summed E-state index contributed by atoms with van der Waals surface area (Å²) in [5.74, 6) is -2.71. The molecule has 4 N–H and O–H groups in total. The van der Waals surface area contributed by atoms with Crippen LogP contribution in [0.5, 0.6) is 0 Å². The Balaban J connectivity index is 4.43. The minimum absolute atomic E-state index is 0.233. The van der Waals surface area contributed by atoms with Crippen molar-refractivity contribution in [2.24, 2.45) is 0 Å². The number of rotatable bonds is 7. The molecule has 0 radical (unpaired) electrons. The zero-order valence-electron chi connectivity index (χ0n) is 10.5. The molecule has 0 aromatic carbocycles. The van der Waals surface area contributed by atoms with Gasteiger partial charge in [0, 0.05) is 7.11 Å². The number of carbonyl (C=O) groups is 3. The monoisotopic (exact) mass is 262 g/mol. The standard InChI is InChI=1S/C10H18N2O6/c1-10(2,5-18-3)12-9(17)11-6(8(15)16)4-7(13)14/h6H,4-5H2,1-3H3,(H,13,14)(H,15,16)(H2,11,12,17)/t6-/m1/s1. The summed E-state index contributed by atoms with van der Waals surface area (Å²) >= 11 is 0. The van der Waals surface area contributed by atoms with Crippen molar-refractivity contribution in [3.63, 3.8) is 0 Å². The van der Waals surface area contributed by atoms with Gasteiger partial charge in [0.05, 0.1) is 18.6 Å². The molecule has 8 nitrogen and oxygen atoms in total. The van der Waals surface area contributed by atoms with Crippen LogP contribution in [0, 0.1) is 0 Å². The molecule has 0 aliphatic rings. The van der Waals surface area contributed by atoms with Crippen LogP contribution in [0.25, 0.3) is 0 Å². The number of hydrogen-bond acceptors (Lipinski definition) is 4. The van der Waals surface area contributed by atoms with Crippen molar-refractivity contribution >= 4 is 18.0 Å². The highest BCUT2D eigenvalue weighted by Crippen LogP contribution is 2.02. The van der Waals surface area contributed by atoms with E-state index in [1.165, 1.54) is 7.11 Å². The second-order valence-corrected chi connectivity index (χ2v) is 4.40. The van der Waals surface area contributed by atoms with Gasteiger partial charge in [-0.25, -0.2) is 9.59 Å². The molecular formula is C10H18N2O6. The third-order valence-electron chi connectivity index (χ3n) is 1.94. The van der Waals surface area contributed by atoms with Crippen molar-refractivity contribution in [2.75, 3.05) is 13.7 Å². The zero-order chi connectivity index (χ0) is 14.3. The summed E-state index contributed by atoms with van der Waals surface area (Å²) in [5, 5.41) is 21.8. The first-order valence-corrected chi connectivity index (χ1v) is 5.20. The first kappa shape index (κ1) is 16.2. The normalized spacial score (nSPS) is 12.6. The maximum absolute atomic E-state index is 11.5. The number of carboxylic acids is 2. The lowest BCUT2D eigenvalue weighted by molar-refractivity contribution is -0.145. The smallest absolute Gasteiger partial charge is 0.326 e. The van der Waals surface area contributed by atoms with E-state index < -0.39 is 36.0 Å². The van der Waals surface area contributed by atoms with Gasteiger partial charge in [-0.3, -0.25) is 4.79 Å². The molecule has 0 fully saturated rings. The van der Waals surface area contributed by atoms with Crippen molar-refractivity contribution in [1.29, 1.82) is 0 Å². The van der Waals surface area contributed by atoms with Crippen LogP contribution in [-0.2, 0) is 14.3 Å². The highest BCUT2D eigenvalue weighted by molar-refractivity contribution is 5.86. The van der Waals surface area contributed by atoms with Crippen LogP contribution in [0.1, 0.15) is 20.3 Å². The number of hydrogen-bond donors (Lipinski definition) is 4. The Morgan fingerprint density at radius 1 is 1.28 bits per heavy atom. The van der Waals surface area contributed by atoms with Crippen molar-refractivity contribution in [1.82, 2.24) is 10.6 Å². The lowest BCUT2D eigenvalue weighted by Gasteiger charge is -2.26. The topological polar surface area (TPSA) is 125 Å². The Kier molecular flexibility index (Phi) is 6.11. The van der Waals surface area contributed by atoms with Gasteiger partial charge in [-0.05, 0) is 13.8 Å². The van der Waals surface area contributed by atoms with E-state index in [1.54, 1.807) is 13.8 Å². The molecule has 1 atom stereocenters. The maximum Gasteiger partial charge on any atom is 0.326 e. The third kappa shape index (κ3) is 6.69. The van der Waals surface area contributed by atoms with Crippen LogP contribution in [-0.4, -0.2) is 53.5 Å². The second kappa shape index (κ2) is 6.80. The average molecular weight is 262 g/mol. The summed E-state index contributed by atoms with van der Waals surface area (Å²) in [7, 11) is 1.46. The quantitative estimate of drug-likeness (QED) is 0.496. The lowest BCUT2D eigenvalue weighted by atomic mass is 10.1. The highest BCUT2D eigenvalue weighted by atomic mass is 16.5. The fourth-order valence-electron chi connectivity index (χ4n) is 1.27. The molecule has 0 aliphatic heterocycles. The molecule has 8 heteroatoms. The van der Waals surface area contributed by atoms with E-state index in [9.17, 15) is 14.4 Å². The molecule has 0 aromatic heterocycles. The molecule has 0 heterocycles. The first-order valence-electron chi connectivity index (χ1n) is 5.20. The molecule has 0 aliphatic carbocycles. The molecule has 0 aromatic rings. The summed E-state index contributed by atoms with van der Waals surface area (Å²) < 4.78 is 4.87. The molecule has 0 unspecified atom stereocenters. The van der Waals surface area contributed by atoms with Crippen LogP contribution in [0.2, 0.25) is 0 Å². The van der Waals surface area contributed by atoms with Crippen molar-refractivity contribution < 1.29 is 29.3 Å². The summed E-state index contributed by atoms with van der Waals surface area (Å²) in [6.07, 6.45) is -0.687. The summed E-state index contributed by atoms with van der Waals surface area (Å²) in [6.45, 7) is 3.60. The van der Waals surface area contributed by atoms with Crippen molar-refractivity contribution in [3.05, 3.63) is 0 Å². The Bertz CT molecular complexity index is 328. The fourth-order valence-corrected chi connectivity index (χ4v) is 1.27. The number of nitrogens with one attached hydrogen (secondary N) is 2. The minimum atomic E-state index is -1.47. The van der Waals surface area contributed by atoms with Gasteiger partial charge in [-0.2, -0.15) is 0 Å². The van der Waals surface area contributed by atoms with Crippen LogP contribution in [0.3, 0.4) is 0 Å². The molecule has 104 valence electrons. The lowest BCUT2D eigenvalue weighted by Crippen LogP contribution is -2.54. The molecule has 0 saturated heterocycles. The van der Waals surface area contributed by atoms with Gasteiger partial charge in [-0.1, -0.05) is 0 Å². The van der Waals surface area contributed by atoms with Crippen LogP contribution in [0.4, 0.5) is 4.79 Å². The minimum Gasteiger partial charge on any atom is -0.481 e. The number of methoxy groups -OCH3 is 1. The van der Waals surface area contributed by atoms with Crippen LogP contribution < -0.4 is 10.6 Å². The predicted octanol–water partition coefficient (Wildman–Crippen LogP) is -0.361. The Morgan fingerprint density at radius 2 is 1.83 bits per heavy atom. The number of amides is 2. The van der Waals surface area contributed by atoms with Gasteiger partial charge in [0.1, 0.15) is 6.04 Å². The van der Waals surface area contributed by atoms with E-state index in [4.69, 9.17) is 14.9 Å². The molecule has 0 spiro atoms. The Labute approximate surface area is 104 Å².